The molecule has 0 saturated carbocycles. The van der Waals surface area contributed by atoms with E-state index >= 15 is 0 Å². The number of rotatable bonds is 3. The third-order valence-electron chi connectivity index (χ3n) is 4.29. The Morgan fingerprint density at radius 1 is 1.04 bits per heavy atom. The minimum atomic E-state index is -0.0689. The molecule has 0 aliphatic carbocycles. The molecule has 0 unspecified atom stereocenters. The van der Waals surface area contributed by atoms with Crippen LogP contribution in [0.4, 0.5) is 0 Å². The van der Waals surface area contributed by atoms with E-state index in [9.17, 15) is 4.79 Å². The molecule has 4 nitrogen and oxygen atoms in total. The Morgan fingerprint density at radius 3 is 2.62 bits per heavy atom. The summed E-state index contributed by atoms with van der Waals surface area (Å²) in [6.07, 6.45) is 3.58. The molecule has 4 heteroatoms. The Kier molecular flexibility index (Phi) is 3.50. The molecule has 2 aromatic carbocycles. The number of imidazole rings is 1. The molecule has 0 atom stereocenters. The average molecular weight is 315 g/mol. The fourth-order valence-electron chi connectivity index (χ4n) is 2.93. The summed E-state index contributed by atoms with van der Waals surface area (Å²) in [7, 11) is 0. The molecule has 2 heterocycles. The van der Waals surface area contributed by atoms with Crippen LogP contribution in [0.1, 0.15) is 11.4 Å². The third-order valence-corrected chi connectivity index (χ3v) is 4.29. The number of pyridine rings is 1. The molecule has 0 spiro atoms. The summed E-state index contributed by atoms with van der Waals surface area (Å²) in [6, 6.07) is 18.1. The Bertz CT molecular complexity index is 1080. The van der Waals surface area contributed by atoms with E-state index in [1.807, 2.05) is 54.1 Å². The van der Waals surface area contributed by atoms with Crippen molar-refractivity contribution in [3.63, 3.8) is 0 Å². The van der Waals surface area contributed by atoms with Crippen LogP contribution in [0.15, 0.2) is 71.9 Å². The normalized spacial score (nSPS) is 11.0. The van der Waals surface area contributed by atoms with E-state index in [1.165, 1.54) is 5.39 Å². The Hall–Kier alpha value is -3.14. The van der Waals surface area contributed by atoms with Crippen LogP contribution in [-0.2, 0) is 6.54 Å². The number of hydrogen-bond donors (Lipinski definition) is 1. The average Bonchev–Trinajstić information content (AvgIpc) is 2.99. The van der Waals surface area contributed by atoms with E-state index in [0.29, 0.717) is 12.1 Å². The Morgan fingerprint density at radius 2 is 1.88 bits per heavy atom. The molecule has 0 fully saturated rings. The third kappa shape index (κ3) is 2.63. The second-order valence-electron chi connectivity index (χ2n) is 5.95. The van der Waals surface area contributed by atoms with Crippen molar-refractivity contribution < 1.29 is 0 Å². The topological polar surface area (TPSA) is 50.7 Å². The monoisotopic (exact) mass is 315 g/mol. The maximum Gasteiger partial charge on any atom is 0.256 e. The van der Waals surface area contributed by atoms with Gasteiger partial charge in [0.15, 0.2) is 0 Å². The number of aromatic nitrogens is 3. The predicted octanol–water partition coefficient (Wildman–Crippen LogP) is 3.75. The van der Waals surface area contributed by atoms with E-state index < -0.39 is 0 Å². The maximum atomic E-state index is 12.5. The summed E-state index contributed by atoms with van der Waals surface area (Å²) < 4.78 is 2.00. The number of aromatic amines is 1. The lowest BCUT2D eigenvalue weighted by Gasteiger charge is -2.07. The van der Waals surface area contributed by atoms with Crippen LogP contribution in [0.25, 0.3) is 21.9 Å². The van der Waals surface area contributed by atoms with Crippen molar-refractivity contribution >= 4 is 10.8 Å². The number of H-pyrrole nitrogens is 1. The van der Waals surface area contributed by atoms with Crippen LogP contribution in [0.2, 0.25) is 0 Å². The van der Waals surface area contributed by atoms with Gasteiger partial charge in [0.05, 0.1) is 12.9 Å². The van der Waals surface area contributed by atoms with Gasteiger partial charge in [-0.15, -0.1) is 0 Å². The highest BCUT2D eigenvalue weighted by atomic mass is 16.1. The van der Waals surface area contributed by atoms with E-state index in [0.717, 1.165) is 22.3 Å². The molecule has 0 aliphatic heterocycles. The van der Waals surface area contributed by atoms with Crippen LogP contribution in [0, 0.1) is 6.92 Å². The molecular formula is C20H17N3O. The van der Waals surface area contributed by atoms with Crippen molar-refractivity contribution in [1.82, 2.24) is 14.5 Å². The minimum Gasteiger partial charge on any atom is -0.329 e. The van der Waals surface area contributed by atoms with E-state index in [-0.39, 0.29) is 5.56 Å². The lowest BCUT2D eigenvalue weighted by atomic mass is 10.0. The lowest BCUT2D eigenvalue weighted by molar-refractivity contribution is 0.746. The first-order valence-electron chi connectivity index (χ1n) is 7.89. The fraction of sp³-hybridized carbons (Fsp3) is 0.100. The summed E-state index contributed by atoms with van der Waals surface area (Å²) in [5.41, 5.74) is 3.48. The highest BCUT2D eigenvalue weighted by molar-refractivity contribution is 5.87. The van der Waals surface area contributed by atoms with Gasteiger partial charge < -0.3 is 9.55 Å². The summed E-state index contributed by atoms with van der Waals surface area (Å²) in [6.45, 7) is 2.60. The van der Waals surface area contributed by atoms with Crippen molar-refractivity contribution in [2.45, 2.75) is 13.5 Å². The number of fused-ring (bicyclic) bond motifs is 1. The Balaban J connectivity index is 1.70. The van der Waals surface area contributed by atoms with Crippen molar-refractivity contribution in [2.75, 3.05) is 0 Å². The number of benzene rings is 2. The molecule has 4 aromatic rings. The van der Waals surface area contributed by atoms with E-state index in [2.05, 4.69) is 28.2 Å². The van der Waals surface area contributed by atoms with E-state index in [4.69, 9.17) is 0 Å². The van der Waals surface area contributed by atoms with Gasteiger partial charge in [-0.3, -0.25) is 4.79 Å². The van der Waals surface area contributed by atoms with Crippen LogP contribution < -0.4 is 5.56 Å². The van der Waals surface area contributed by atoms with Crippen molar-refractivity contribution in [3.05, 3.63) is 88.9 Å². The van der Waals surface area contributed by atoms with Crippen LogP contribution >= 0.6 is 0 Å². The van der Waals surface area contributed by atoms with E-state index in [1.54, 1.807) is 6.33 Å². The predicted molar refractivity (Wildman–Crippen MR) is 96.1 cm³/mol. The van der Waals surface area contributed by atoms with Crippen molar-refractivity contribution in [1.29, 1.82) is 0 Å². The number of nitrogens with zero attached hydrogens (tertiary/aromatic N) is 2. The van der Waals surface area contributed by atoms with Gasteiger partial charge in [0.25, 0.3) is 5.56 Å². The lowest BCUT2D eigenvalue weighted by Crippen LogP contribution is -2.13. The molecule has 4 rings (SSSR count). The number of hydrogen-bond acceptors (Lipinski definition) is 2. The fourth-order valence-corrected chi connectivity index (χ4v) is 2.93. The van der Waals surface area contributed by atoms with Crippen molar-refractivity contribution in [3.8, 4) is 11.1 Å². The molecule has 0 amide bonds. The van der Waals surface area contributed by atoms with Crippen LogP contribution in [0.3, 0.4) is 0 Å². The SMILES string of the molecule is Cc1cncn1Cc1ccc(-c2ccc3ccccc3c2)c(=O)[nH]1. The zero-order valence-corrected chi connectivity index (χ0v) is 13.4. The molecule has 118 valence electrons. The molecule has 24 heavy (non-hydrogen) atoms. The smallest absolute Gasteiger partial charge is 0.256 e. The summed E-state index contributed by atoms with van der Waals surface area (Å²) in [5, 5.41) is 2.30. The summed E-state index contributed by atoms with van der Waals surface area (Å²) >= 11 is 0. The number of aryl methyl sites for hydroxylation is 1. The largest absolute Gasteiger partial charge is 0.329 e. The summed E-state index contributed by atoms with van der Waals surface area (Å²) in [5.74, 6) is 0. The van der Waals surface area contributed by atoms with Crippen LogP contribution in [0.5, 0.6) is 0 Å². The van der Waals surface area contributed by atoms with Gasteiger partial charge in [-0.2, -0.15) is 0 Å². The molecule has 0 radical (unpaired) electrons. The second-order valence-corrected chi connectivity index (χ2v) is 5.95. The van der Waals surface area contributed by atoms with Crippen LogP contribution in [-0.4, -0.2) is 14.5 Å². The highest BCUT2D eigenvalue weighted by Crippen LogP contribution is 2.22. The van der Waals surface area contributed by atoms with Gasteiger partial charge in [-0.25, -0.2) is 4.98 Å². The minimum absolute atomic E-state index is 0.0689. The molecule has 1 N–H and O–H groups in total. The quantitative estimate of drug-likeness (QED) is 0.626. The Labute approximate surface area is 139 Å². The molecule has 2 aromatic heterocycles. The highest BCUT2D eigenvalue weighted by Gasteiger charge is 2.06. The first-order valence-corrected chi connectivity index (χ1v) is 7.89. The van der Waals surface area contributed by atoms with Gasteiger partial charge in [-0.1, -0.05) is 36.4 Å². The van der Waals surface area contributed by atoms with Gasteiger partial charge >= 0.3 is 0 Å². The molecule has 0 aliphatic rings. The zero-order chi connectivity index (χ0) is 16.5. The standard InChI is InChI=1S/C20H17N3O/c1-14-11-21-13-23(14)12-18-8-9-19(20(24)22-18)17-7-6-15-4-2-3-5-16(15)10-17/h2-11,13H,12H2,1H3,(H,22,24). The maximum absolute atomic E-state index is 12.5. The number of nitrogens with one attached hydrogen (secondary N) is 1. The molecule has 0 bridgehead atoms. The molecular weight excluding hydrogens is 298 g/mol. The van der Waals surface area contributed by atoms with Gasteiger partial charge in [-0.05, 0) is 41.5 Å². The zero-order valence-electron chi connectivity index (χ0n) is 13.4. The first kappa shape index (κ1) is 14.5. The van der Waals surface area contributed by atoms with Gasteiger partial charge in [0.1, 0.15) is 0 Å². The molecule has 0 saturated heterocycles. The first-order chi connectivity index (χ1) is 11.7. The van der Waals surface area contributed by atoms with Gasteiger partial charge in [0.2, 0.25) is 0 Å². The van der Waals surface area contributed by atoms with Gasteiger partial charge in [0, 0.05) is 23.1 Å². The second kappa shape index (κ2) is 5.81. The summed E-state index contributed by atoms with van der Waals surface area (Å²) in [4.78, 5) is 19.6. The van der Waals surface area contributed by atoms with Crippen molar-refractivity contribution in [2.24, 2.45) is 0 Å².